The number of rotatable bonds is 8. The minimum atomic E-state index is -3.42. The zero-order valence-corrected chi connectivity index (χ0v) is 15.7. The van der Waals surface area contributed by atoms with Gasteiger partial charge in [-0.25, -0.2) is 13.1 Å². The van der Waals surface area contributed by atoms with Crippen LogP contribution in [0.2, 0.25) is 0 Å². The molecule has 0 atom stereocenters. The molecular formula is C20H24N2O3S. The van der Waals surface area contributed by atoms with Gasteiger partial charge in [-0.2, -0.15) is 0 Å². The first-order valence-corrected chi connectivity index (χ1v) is 10.3. The Bertz CT molecular complexity index is 855. The van der Waals surface area contributed by atoms with Crippen LogP contribution in [-0.2, 0) is 27.8 Å². The van der Waals surface area contributed by atoms with Crippen molar-refractivity contribution in [1.29, 1.82) is 0 Å². The van der Waals surface area contributed by atoms with E-state index in [2.05, 4.69) is 10.0 Å². The van der Waals surface area contributed by atoms with Crippen molar-refractivity contribution < 1.29 is 13.2 Å². The van der Waals surface area contributed by atoms with E-state index in [9.17, 15) is 13.2 Å². The number of nitrogens with one attached hydrogen (secondary N) is 2. The lowest BCUT2D eigenvalue weighted by molar-refractivity contribution is -0.121. The highest BCUT2D eigenvalue weighted by Gasteiger charge is 2.27. The first-order valence-electron chi connectivity index (χ1n) is 8.86. The first-order chi connectivity index (χ1) is 12.4. The Morgan fingerprint density at radius 3 is 2.23 bits per heavy atom. The second kappa shape index (κ2) is 8.01. The molecular weight excluding hydrogens is 348 g/mol. The third kappa shape index (κ3) is 5.41. The summed E-state index contributed by atoms with van der Waals surface area (Å²) >= 11 is 0. The van der Waals surface area contributed by atoms with Gasteiger partial charge in [0.05, 0.1) is 4.90 Å². The molecule has 0 unspecified atom stereocenters. The molecule has 5 nitrogen and oxygen atoms in total. The number of hydrogen-bond acceptors (Lipinski definition) is 3. The maximum atomic E-state index is 12.1. The number of aryl methyl sites for hydroxylation is 2. The van der Waals surface area contributed by atoms with Crippen molar-refractivity contribution >= 4 is 15.9 Å². The maximum absolute atomic E-state index is 12.1. The Balaban J connectivity index is 1.46. The number of carbonyl (C=O) groups excluding carboxylic acids is 1. The molecule has 0 spiro atoms. The highest BCUT2D eigenvalue weighted by molar-refractivity contribution is 7.89. The van der Waals surface area contributed by atoms with E-state index in [1.54, 1.807) is 24.3 Å². The summed E-state index contributed by atoms with van der Waals surface area (Å²) in [6, 6.07) is 14.9. The fraction of sp³-hybridized carbons (Fsp3) is 0.350. The largest absolute Gasteiger partial charge is 0.352 e. The van der Waals surface area contributed by atoms with Crippen molar-refractivity contribution in [3.05, 3.63) is 65.2 Å². The van der Waals surface area contributed by atoms with E-state index in [1.807, 2.05) is 31.2 Å². The molecule has 1 aliphatic carbocycles. The molecule has 3 rings (SSSR count). The second-order valence-corrected chi connectivity index (χ2v) is 8.52. The first kappa shape index (κ1) is 18.6. The topological polar surface area (TPSA) is 75.3 Å². The molecule has 26 heavy (non-hydrogen) atoms. The highest BCUT2D eigenvalue weighted by atomic mass is 32.2. The van der Waals surface area contributed by atoms with Crippen LogP contribution in [0, 0.1) is 6.92 Å². The van der Waals surface area contributed by atoms with Crippen LogP contribution in [0.3, 0.4) is 0 Å². The van der Waals surface area contributed by atoms with Gasteiger partial charge in [-0.3, -0.25) is 4.79 Å². The van der Waals surface area contributed by atoms with E-state index in [-0.39, 0.29) is 16.8 Å². The van der Waals surface area contributed by atoms with Crippen molar-refractivity contribution in [2.75, 3.05) is 0 Å². The number of hydrogen-bond donors (Lipinski definition) is 2. The van der Waals surface area contributed by atoms with Crippen LogP contribution in [0.25, 0.3) is 0 Å². The van der Waals surface area contributed by atoms with E-state index >= 15 is 0 Å². The van der Waals surface area contributed by atoms with Crippen LogP contribution >= 0.6 is 0 Å². The summed E-state index contributed by atoms with van der Waals surface area (Å²) in [5.41, 5.74) is 3.21. The van der Waals surface area contributed by atoms with Gasteiger partial charge in [0.25, 0.3) is 0 Å². The molecule has 1 saturated carbocycles. The van der Waals surface area contributed by atoms with Gasteiger partial charge < -0.3 is 5.32 Å². The molecule has 2 N–H and O–H groups in total. The van der Waals surface area contributed by atoms with E-state index < -0.39 is 10.0 Å². The van der Waals surface area contributed by atoms with Crippen LogP contribution in [0.1, 0.15) is 36.0 Å². The molecule has 2 aromatic rings. The van der Waals surface area contributed by atoms with Crippen molar-refractivity contribution in [3.63, 3.8) is 0 Å². The standard InChI is InChI=1S/C20H24N2O3S/c1-15-2-4-17(5-3-15)14-21-20(23)13-8-16-6-11-19(12-7-16)26(24,25)22-18-9-10-18/h2-7,11-12,18,22H,8-10,13-14H2,1H3,(H,21,23). The summed E-state index contributed by atoms with van der Waals surface area (Å²) < 4.78 is 26.9. The summed E-state index contributed by atoms with van der Waals surface area (Å²) in [6.07, 6.45) is 2.78. The Morgan fingerprint density at radius 2 is 1.62 bits per heavy atom. The molecule has 2 aromatic carbocycles. The molecule has 0 aromatic heterocycles. The third-order valence-electron chi connectivity index (χ3n) is 4.38. The molecule has 0 aliphatic heterocycles. The van der Waals surface area contributed by atoms with Crippen LogP contribution in [0.4, 0.5) is 0 Å². The number of benzene rings is 2. The molecule has 0 saturated heterocycles. The predicted molar refractivity (Wildman–Crippen MR) is 101 cm³/mol. The van der Waals surface area contributed by atoms with Crippen LogP contribution in [-0.4, -0.2) is 20.4 Å². The van der Waals surface area contributed by atoms with Crippen LogP contribution in [0.5, 0.6) is 0 Å². The Labute approximate surface area is 154 Å². The Hall–Kier alpha value is -2.18. The fourth-order valence-electron chi connectivity index (χ4n) is 2.58. The normalized spacial score (nSPS) is 14.2. The SMILES string of the molecule is Cc1ccc(CNC(=O)CCc2ccc(S(=O)(=O)NC3CC3)cc2)cc1. The summed E-state index contributed by atoms with van der Waals surface area (Å²) in [7, 11) is -3.42. The molecule has 0 radical (unpaired) electrons. The number of sulfonamides is 1. The van der Waals surface area contributed by atoms with Gasteiger partial charge in [0.2, 0.25) is 15.9 Å². The average molecular weight is 372 g/mol. The van der Waals surface area contributed by atoms with Crippen LogP contribution < -0.4 is 10.0 Å². The molecule has 6 heteroatoms. The van der Waals surface area contributed by atoms with Crippen molar-refractivity contribution in [2.45, 2.75) is 50.1 Å². The molecule has 1 fully saturated rings. The smallest absolute Gasteiger partial charge is 0.240 e. The summed E-state index contributed by atoms with van der Waals surface area (Å²) in [5, 5.41) is 2.91. The van der Waals surface area contributed by atoms with Gasteiger partial charge in [-0.1, -0.05) is 42.0 Å². The monoisotopic (exact) mass is 372 g/mol. The lowest BCUT2D eigenvalue weighted by atomic mass is 10.1. The molecule has 1 aliphatic rings. The van der Waals surface area contributed by atoms with Crippen molar-refractivity contribution in [1.82, 2.24) is 10.0 Å². The molecule has 138 valence electrons. The number of amides is 1. The third-order valence-corrected chi connectivity index (χ3v) is 5.92. The zero-order valence-electron chi connectivity index (χ0n) is 14.9. The predicted octanol–water partition coefficient (Wildman–Crippen LogP) is 2.68. The van der Waals surface area contributed by atoms with E-state index in [1.165, 1.54) is 5.56 Å². The van der Waals surface area contributed by atoms with Gasteiger partial charge in [0.1, 0.15) is 0 Å². The van der Waals surface area contributed by atoms with Gasteiger partial charge in [0.15, 0.2) is 0 Å². The zero-order chi connectivity index (χ0) is 18.6. The minimum Gasteiger partial charge on any atom is -0.352 e. The van der Waals surface area contributed by atoms with Crippen molar-refractivity contribution in [2.24, 2.45) is 0 Å². The summed E-state index contributed by atoms with van der Waals surface area (Å²) in [5.74, 6) is -0.0160. The lowest BCUT2D eigenvalue weighted by Gasteiger charge is -2.08. The van der Waals surface area contributed by atoms with Gasteiger partial charge in [0, 0.05) is 19.0 Å². The van der Waals surface area contributed by atoms with E-state index in [0.29, 0.717) is 19.4 Å². The highest BCUT2D eigenvalue weighted by Crippen LogP contribution is 2.22. The van der Waals surface area contributed by atoms with Gasteiger partial charge in [-0.15, -0.1) is 0 Å². The van der Waals surface area contributed by atoms with Gasteiger partial charge >= 0.3 is 0 Å². The molecule has 0 bridgehead atoms. The molecule has 1 amide bonds. The Kier molecular flexibility index (Phi) is 5.74. The Morgan fingerprint density at radius 1 is 1.00 bits per heavy atom. The maximum Gasteiger partial charge on any atom is 0.240 e. The van der Waals surface area contributed by atoms with E-state index in [4.69, 9.17) is 0 Å². The van der Waals surface area contributed by atoms with Crippen molar-refractivity contribution in [3.8, 4) is 0 Å². The molecule has 0 heterocycles. The minimum absolute atomic E-state index is 0.0160. The number of carbonyl (C=O) groups is 1. The summed E-state index contributed by atoms with van der Waals surface area (Å²) in [6.45, 7) is 2.55. The lowest BCUT2D eigenvalue weighted by Crippen LogP contribution is -2.25. The van der Waals surface area contributed by atoms with Crippen LogP contribution in [0.15, 0.2) is 53.4 Å². The summed E-state index contributed by atoms with van der Waals surface area (Å²) in [4.78, 5) is 12.3. The fourth-order valence-corrected chi connectivity index (χ4v) is 3.88. The quantitative estimate of drug-likeness (QED) is 0.748. The average Bonchev–Trinajstić information content (AvgIpc) is 3.43. The van der Waals surface area contributed by atoms with E-state index in [0.717, 1.165) is 24.0 Å². The second-order valence-electron chi connectivity index (χ2n) is 6.80. The van der Waals surface area contributed by atoms with Gasteiger partial charge in [-0.05, 0) is 49.4 Å².